The monoisotopic (exact) mass is 724 g/mol. The Balaban J connectivity index is 1.39. The van der Waals surface area contributed by atoms with E-state index >= 15 is 0 Å². The number of aromatic hydroxyl groups is 3. The number of aliphatic hydroxyl groups excluding tert-OH is 2. The summed E-state index contributed by atoms with van der Waals surface area (Å²) < 4.78 is 24.8. The minimum Gasteiger partial charge on any atom is -0.508 e. The maximum atomic E-state index is 12.4. The summed E-state index contributed by atoms with van der Waals surface area (Å²) in [5.74, 6) is 2.72. The topological polar surface area (TPSA) is 138 Å². The average molecular weight is 725 g/mol. The third kappa shape index (κ3) is 6.78. The third-order valence-electron chi connectivity index (χ3n) is 10.9. The number of rotatable bonds is 7. The van der Waals surface area contributed by atoms with Crippen molar-refractivity contribution in [2.45, 2.75) is 94.9 Å². The van der Waals surface area contributed by atoms with Crippen molar-refractivity contribution < 1.29 is 44.5 Å². The fourth-order valence-corrected chi connectivity index (χ4v) is 10.9. The SMILES string of the molecule is COc1c(O)c(OC2CCCCC2)cc([C@@H]2Oc3cc(OCCO)c4c5c3[C@H](CSSCC[C@H](C)CC[C@H](C5)c3cc(O)ccc3-4)[C@H]2O)c1O. The molecular formula is C39H48O9S2. The predicted molar refractivity (Wildman–Crippen MR) is 196 cm³/mol. The van der Waals surface area contributed by atoms with Crippen LogP contribution in [0.1, 0.15) is 98.5 Å². The van der Waals surface area contributed by atoms with Gasteiger partial charge in [-0.3, -0.25) is 0 Å². The molecule has 270 valence electrons. The van der Waals surface area contributed by atoms with Crippen LogP contribution in [0.2, 0.25) is 0 Å². The summed E-state index contributed by atoms with van der Waals surface area (Å²) in [5, 5.41) is 55.4. The van der Waals surface area contributed by atoms with Crippen LogP contribution >= 0.6 is 21.6 Å². The minimum atomic E-state index is -1.06. The van der Waals surface area contributed by atoms with Crippen molar-refractivity contribution in [1.82, 2.24) is 0 Å². The van der Waals surface area contributed by atoms with Crippen LogP contribution in [-0.4, -0.2) is 69.6 Å². The molecule has 2 bridgehead atoms. The molecule has 2 heterocycles. The normalized spacial score (nSPS) is 25.2. The van der Waals surface area contributed by atoms with Gasteiger partial charge in [0.2, 0.25) is 11.5 Å². The van der Waals surface area contributed by atoms with Gasteiger partial charge in [-0.15, -0.1) is 0 Å². The van der Waals surface area contributed by atoms with Crippen LogP contribution in [0, 0.1) is 5.92 Å². The van der Waals surface area contributed by atoms with E-state index in [1.165, 1.54) is 7.11 Å². The summed E-state index contributed by atoms with van der Waals surface area (Å²) in [6, 6.07) is 8.96. The van der Waals surface area contributed by atoms with E-state index in [1.54, 1.807) is 22.9 Å². The molecule has 2 aliphatic carbocycles. The maximum absolute atomic E-state index is 12.4. The molecule has 0 spiro atoms. The zero-order chi connectivity index (χ0) is 34.9. The molecule has 1 fully saturated rings. The van der Waals surface area contributed by atoms with Crippen molar-refractivity contribution in [3.05, 3.63) is 52.6 Å². The van der Waals surface area contributed by atoms with Gasteiger partial charge in [0.1, 0.15) is 30.0 Å². The summed E-state index contributed by atoms with van der Waals surface area (Å²) in [6.07, 6.45) is 6.62. The van der Waals surface area contributed by atoms with Crippen LogP contribution in [0.4, 0.5) is 0 Å². The number of hydrogen-bond acceptors (Lipinski definition) is 11. The van der Waals surface area contributed by atoms with E-state index in [4.69, 9.17) is 18.9 Å². The molecule has 3 aromatic carbocycles. The Morgan fingerprint density at radius 3 is 2.50 bits per heavy atom. The van der Waals surface area contributed by atoms with E-state index in [0.29, 0.717) is 29.6 Å². The largest absolute Gasteiger partial charge is 0.508 e. The van der Waals surface area contributed by atoms with Crippen molar-refractivity contribution >= 4 is 21.6 Å². The van der Waals surface area contributed by atoms with Gasteiger partial charge in [0.25, 0.3) is 0 Å². The van der Waals surface area contributed by atoms with E-state index in [1.807, 2.05) is 29.0 Å². The van der Waals surface area contributed by atoms with Gasteiger partial charge < -0.3 is 44.5 Å². The standard InChI is InChI=1S/C39H48O9S2/c1-21-8-9-22-16-27-33(25-11-10-23(41)17-26(22)25)30(46-14-13-40)19-31-34(27)29(20-50-49-15-12-21)36(43)38(48-31)28-18-32(37(44)39(45-2)35(28)42)47-24-6-4-3-5-7-24/h10-11,17-19,21-22,24,29,36,38,40-44H,3-9,12-16,20H2,1-2H3/t21-,22-,29+,36-,38+/m1/s1. The number of phenolic OH excluding ortho intramolecular Hbond substituents is 3. The molecule has 50 heavy (non-hydrogen) atoms. The zero-order valence-corrected chi connectivity index (χ0v) is 30.4. The van der Waals surface area contributed by atoms with E-state index in [-0.39, 0.29) is 65.5 Å². The smallest absolute Gasteiger partial charge is 0.207 e. The predicted octanol–water partition coefficient (Wildman–Crippen LogP) is 7.98. The lowest BCUT2D eigenvalue weighted by Crippen LogP contribution is -2.37. The molecule has 0 unspecified atom stereocenters. The second-order valence-corrected chi connectivity index (χ2v) is 16.8. The van der Waals surface area contributed by atoms with Gasteiger partial charge in [-0.1, -0.05) is 47.4 Å². The molecule has 9 nitrogen and oxygen atoms in total. The Bertz CT molecular complexity index is 1690. The summed E-state index contributed by atoms with van der Waals surface area (Å²) in [7, 11) is 4.93. The van der Waals surface area contributed by atoms with Gasteiger partial charge in [0, 0.05) is 40.2 Å². The molecule has 5 N–H and O–H groups in total. The number of aliphatic hydroxyl groups is 2. The van der Waals surface area contributed by atoms with Crippen LogP contribution in [0.5, 0.6) is 40.2 Å². The third-order valence-corrected chi connectivity index (χ3v) is 13.4. The first-order valence-electron chi connectivity index (χ1n) is 17.9. The van der Waals surface area contributed by atoms with E-state index in [2.05, 4.69) is 6.92 Å². The van der Waals surface area contributed by atoms with Crippen molar-refractivity contribution in [2.24, 2.45) is 5.92 Å². The lowest BCUT2D eigenvalue weighted by atomic mass is 9.71. The fourth-order valence-electron chi connectivity index (χ4n) is 8.28. The quantitative estimate of drug-likeness (QED) is 0.152. The van der Waals surface area contributed by atoms with Crippen LogP contribution in [0.3, 0.4) is 0 Å². The molecule has 5 atom stereocenters. The lowest BCUT2D eigenvalue weighted by Gasteiger charge is -2.41. The molecule has 2 aliphatic heterocycles. The maximum Gasteiger partial charge on any atom is 0.207 e. The van der Waals surface area contributed by atoms with Crippen molar-refractivity contribution in [1.29, 1.82) is 0 Å². The van der Waals surface area contributed by atoms with E-state index < -0.39 is 12.2 Å². The molecule has 4 aliphatic rings. The minimum absolute atomic E-state index is 0.0725. The Kier molecular flexibility index (Phi) is 10.8. The van der Waals surface area contributed by atoms with Gasteiger partial charge in [-0.25, -0.2) is 0 Å². The molecule has 7 rings (SSSR count). The first-order chi connectivity index (χ1) is 24.3. The van der Waals surface area contributed by atoms with Crippen LogP contribution in [0.15, 0.2) is 30.3 Å². The Hall–Kier alpha value is -3.12. The zero-order valence-electron chi connectivity index (χ0n) is 28.7. The number of fused-ring (bicyclic) bond motifs is 4. The summed E-state index contributed by atoms with van der Waals surface area (Å²) in [6.45, 7) is 2.22. The Labute approximate surface area is 301 Å². The van der Waals surface area contributed by atoms with Crippen molar-refractivity contribution in [3.8, 4) is 51.4 Å². The molecule has 11 heteroatoms. The highest BCUT2D eigenvalue weighted by Crippen LogP contribution is 2.58. The molecule has 1 saturated carbocycles. The molecule has 0 saturated heterocycles. The Morgan fingerprint density at radius 2 is 1.72 bits per heavy atom. The lowest BCUT2D eigenvalue weighted by molar-refractivity contribution is 0.00281. The first kappa shape index (κ1) is 35.3. The molecule has 0 amide bonds. The number of methoxy groups -OCH3 is 1. The molecular weight excluding hydrogens is 677 g/mol. The average Bonchev–Trinajstić information content (AvgIpc) is 3.12. The summed E-state index contributed by atoms with van der Waals surface area (Å²) in [5.41, 5.74) is 5.21. The van der Waals surface area contributed by atoms with Gasteiger partial charge >= 0.3 is 0 Å². The van der Waals surface area contributed by atoms with Gasteiger partial charge in [0.15, 0.2) is 17.6 Å². The molecule has 0 aromatic heterocycles. The number of hydrogen-bond donors (Lipinski definition) is 5. The number of benzene rings is 3. The van der Waals surface area contributed by atoms with Gasteiger partial charge in [-0.05, 0) is 91.7 Å². The van der Waals surface area contributed by atoms with Crippen molar-refractivity contribution in [2.75, 3.05) is 31.8 Å². The fraction of sp³-hybridized carbons (Fsp3) is 0.538. The van der Waals surface area contributed by atoms with E-state index in [0.717, 1.165) is 84.9 Å². The highest BCUT2D eigenvalue weighted by Gasteiger charge is 2.45. The highest BCUT2D eigenvalue weighted by molar-refractivity contribution is 8.76. The van der Waals surface area contributed by atoms with Crippen molar-refractivity contribution in [3.63, 3.8) is 0 Å². The number of ether oxygens (including phenoxy) is 4. The summed E-state index contributed by atoms with van der Waals surface area (Å²) in [4.78, 5) is 0. The van der Waals surface area contributed by atoms with Gasteiger partial charge in [-0.2, -0.15) is 0 Å². The second kappa shape index (κ2) is 15.2. The van der Waals surface area contributed by atoms with E-state index in [9.17, 15) is 25.5 Å². The summed E-state index contributed by atoms with van der Waals surface area (Å²) >= 11 is 0. The highest BCUT2D eigenvalue weighted by atomic mass is 33.1. The van der Waals surface area contributed by atoms with Gasteiger partial charge in [0.05, 0.1) is 19.8 Å². The molecule has 3 aromatic rings. The second-order valence-electron chi connectivity index (χ2n) is 14.2. The van der Waals surface area contributed by atoms with Crippen LogP contribution in [0.25, 0.3) is 11.1 Å². The van der Waals surface area contributed by atoms with Crippen LogP contribution in [-0.2, 0) is 6.42 Å². The first-order valence-corrected chi connectivity index (χ1v) is 20.4. The van der Waals surface area contributed by atoms with Crippen LogP contribution < -0.4 is 18.9 Å². The number of phenols is 3. The molecule has 0 radical (unpaired) electrons. The Morgan fingerprint density at radius 1 is 0.900 bits per heavy atom.